The molecule has 1 aromatic heterocycles. The fraction of sp³-hybridized carbons (Fsp3) is 0.238. The number of urea groups is 1. The van der Waals surface area contributed by atoms with E-state index in [2.05, 4.69) is 39.7 Å². The molecule has 0 aliphatic heterocycles. The standard InChI is InChI=1S/C21H25N5O/c1-17(25(2)19-10-4-3-5-11-19)15-22-21(27)24-20-12-7-6-9-18(20)16-26-14-8-13-23-26/h3-14,17H,15-16H2,1-2H3,(H2,22,24,27). The van der Waals surface area contributed by atoms with E-state index in [1.807, 2.05) is 66.5 Å². The van der Waals surface area contributed by atoms with Crippen LogP contribution in [0.15, 0.2) is 73.1 Å². The number of aromatic nitrogens is 2. The molecule has 0 saturated heterocycles. The number of para-hydroxylation sites is 2. The maximum absolute atomic E-state index is 12.4. The zero-order valence-corrected chi connectivity index (χ0v) is 15.7. The molecule has 0 fully saturated rings. The van der Waals surface area contributed by atoms with E-state index in [0.717, 1.165) is 16.9 Å². The van der Waals surface area contributed by atoms with Crippen molar-refractivity contribution in [2.45, 2.75) is 19.5 Å². The third-order valence-electron chi connectivity index (χ3n) is 4.54. The summed E-state index contributed by atoms with van der Waals surface area (Å²) in [6.07, 6.45) is 3.64. The first-order chi connectivity index (χ1) is 13.1. The number of likely N-dealkylation sites (N-methyl/N-ethyl adjacent to an activating group) is 1. The van der Waals surface area contributed by atoms with Gasteiger partial charge in [0.1, 0.15) is 0 Å². The number of rotatable bonds is 7. The van der Waals surface area contributed by atoms with Gasteiger partial charge in [-0.1, -0.05) is 36.4 Å². The van der Waals surface area contributed by atoms with Gasteiger partial charge in [0, 0.05) is 43.4 Å². The second-order valence-electron chi connectivity index (χ2n) is 6.49. The second-order valence-corrected chi connectivity index (χ2v) is 6.49. The minimum Gasteiger partial charge on any atom is -0.370 e. The molecule has 2 amide bonds. The van der Waals surface area contributed by atoms with E-state index >= 15 is 0 Å². The highest BCUT2D eigenvalue weighted by atomic mass is 16.2. The van der Waals surface area contributed by atoms with Gasteiger partial charge in [-0.2, -0.15) is 5.10 Å². The molecule has 3 aromatic rings. The Morgan fingerprint density at radius 2 is 1.85 bits per heavy atom. The number of benzene rings is 2. The van der Waals surface area contributed by atoms with Gasteiger partial charge in [-0.15, -0.1) is 0 Å². The molecule has 0 aliphatic carbocycles. The van der Waals surface area contributed by atoms with Gasteiger partial charge in [-0.25, -0.2) is 4.79 Å². The number of hydrogen-bond acceptors (Lipinski definition) is 3. The van der Waals surface area contributed by atoms with Crippen LogP contribution in [-0.4, -0.2) is 35.4 Å². The number of hydrogen-bond donors (Lipinski definition) is 2. The Bertz CT molecular complexity index is 848. The van der Waals surface area contributed by atoms with Crippen molar-refractivity contribution < 1.29 is 4.79 Å². The van der Waals surface area contributed by atoms with Gasteiger partial charge in [0.15, 0.2) is 0 Å². The molecule has 2 aromatic carbocycles. The summed E-state index contributed by atoms with van der Waals surface area (Å²) in [6.45, 7) is 3.23. The summed E-state index contributed by atoms with van der Waals surface area (Å²) < 4.78 is 1.83. The maximum Gasteiger partial charge on any atom is 0.319 e. The topological polar surface area (TPSA) is 62.2 Å². The van der Waals surface area contributed by atoms with Crippen molar-refractivity contribution in [3.05, 3.63) is 78.6 Å². The highest BCUT2D eigenvalue weighted by molar-refractivity contribution is 5.90. The highest BCUT2D eigenvalue weighted by Crippen LogP contribution is 2.16. The van der Waals surface area contributed by atoms with E-state index in [9.17, 15) is 4.79 Å². The molecule has 3 rings (SSSR count). The van der Waals surface area contributed by atoms with Crippen LogP contribution in [0.3, 0.4) is 0 Å². The molecule has 140 valence electrons. The minimum absolute atomic E-state index is 0.164. The molecule has 2 N–H and O–H groups in total. The zero-order valence-electron chi connectivity index (χ0n) is 15.7. The Hall–Kier alpha value is -3.28. The van der Waals surface area contributed by atoms with Crippen LogP contribution in [0.25, 0.3) is 0 Å². The van der Waals surface area contributed by atoms with Crippen LogP contribution in [0.5, 0.6) is 0 Å². The van der Waals surface area contributed by atoms with Gasteiger partial charge >= 0.3 is 6.03 Å². The average Bonchev–Trinajstić information content (AvgIpc) is 3.21. The molecule has 6 nitrogen and oxygen atoms in total. The average molecular weight is 363 g/mol. The van der Waals surface area contributed by atoms with Crippen LogP contribution in [0.1, 0.15) is 12.5 Å². The summed E-state index contributed by atoms with van der Waals surface area (Å²) in [5.41, 5.74) is 2.91. The van der Waals surface area contributed by atoms with Gasteiger partial charge in [-0.05, 0) is 36.8 Å². The molecule has 6 heteroatoms. The fourth-order valence-corrected chi connectivity index (χ4v) is 2.81. The Balaban J connectivity index is 1.55. The molecule has 1 atom stereocenters. The van der Waals surface area contributed by atoms with E-state index in [4.69, 9.17) is 0 Å². The summed E-state index contributed by atoms with van der Waals surface area (Å²) in [6, 6.07) is 19.7. The van der Waals surface area contributed by atoms with Crippen molar-refractivity contribution in [1.29, 1.82) is 0 Å². The second kappa shape index (κ2) is 8.89. The van der Waals surface area contributed by atoms with Crippen LogP contribution in [0.2, 0.25) is 0 Å². The lowest BCUT2D eigenvalue weighted by Gasteiger charge is -2.27. The lowest BCUT2D eigenvalue weighted by atomic mass is 10.2. The van der Waals surface area contributed by atoms with Crippen molar-refractivity contribution in [3.63, 3.8) is 0 Å². The van der Waals surface area contributed by atoms with Crippen LogP contribution < -0.4 is 15.5 Å². The van der Waals surface area contributed by atoms with E-state index in [1.165, 1.54) is 0 Å². The molecule has 1 unspecified atom stereocenters. The number of nitrogens with one attached hydrogen (secondary N) is 2. The summed E-state index contributed by atoms with van der Waals surface area (Å²) in [4.78, 5) is 14.5. The van der Waals surface area contributed by atoms with E-state index < -0.39 is 0 Å². The number of carbonyl (C=O) groups excluding carboxylic acids is 1. The third-order valence-corrected chi connectivity index (χ3v) is 4.54. The van der Waals surface area contributed by atoms with Gasteiger partial charge in [-0.3, -0.25) is 4.68 Å². The van der Waals surface area contributed by atoms with E-state index in [-0.39, 0.29) is 12.1 Å². The first kappa shape index (κ1) is 18.5. The predicted octanol–water partition coefficient (Wildman–Crippen LogP) is 3.58. The Morgan fingerprint density at radius 3 is 2.59 bits per heavy atom. The largest absolute Gasteiger partial charge is 0.370 e. The van der Waals surface area contributed by atoms with Crippen LogP contribution in [0, 0.1) is 0 Å². The zero-order chi connectivity index (χ0) is 19.1. The molecule has 0 aliphatic rings. The molecule has 27 heavy (non-hydrogen) atoms. The summed E-state index contributed by atoms with van der Waals surface area (Å²) in [5.74, 6) is 0. The maximum atomic E-state index is 12.4. The monoisotopic (exact) mass is 363 g/mol. The van der Waals surface area contributed by atoms with Crippen molar-refractivity contribution in [3.8, 4) is 0 Å². The lowest BCUT2D eigenvalue weighted by molar-refractivity contribution is 0.251. The number of nitrogens with zero attached hydrogens (tertiary/aromatic N) is 3. The molecule has 0 bridgehead atoms. The summed E-state index contributed by atoms with van der Waals surface area (Å²) in [5, 5.41) is 10.1. The Labute approximate surface area is 159 Å². The van der Waals surface area contributed by atoms with Crippen LogP contribution in [-0.2, 0) is 6.54 Å². The van der Waals surface area contributed by atoms with Crippen molar-refractivity contribution in [1.82, 2.24) is 15.1 Å². The van der Waals surface area contributed by atoms with Gasteiger partial charge in [0.25, 0.3) is 0 Å². The molecular weight excluding hydrogens is 338 g/mol. The van der Waals surface area contributed by atoms with Gasteiger partial charge in [0.2, 0.25) is 0 Å². The lowest BCUT2D eigenvalue weighted by Crippen LogP contribution is -2.41. The Morgan fingerprint density at radius 1 is 1.11 bits per heavy atom. The van der Waals surface area contributed by atoms with Crippen LogP contribution >= 0.6 is 0 Å². The number of anilines is 2. The van der Waals surface area contributed by atoms with Crippen molar-refractivity contribution >= 4 is 17.4 Å². The van der Waals surface area contributed by atoms with E-state index in [0.29, 0.717) is 13.1 Å². The molecule has 1 heterocycles. The fourth-order valence-electron chi connectivity index (χ4n) is 2.81. The third kappa shape index (κ3) is 5.10. The van der Waals surface area contributed by atoms with Gasteiger partial charge < -0.3 is 15.5 Å². The number of amides is 2. The van der Waals surface area contributed by atoms with Gasteiger partial charge in [0.05, 0.1) is 6.54 Å². The van der Waals surface area contributed by atoms with E-state index in [1.54, 1.807) is 6.20 Å². The first-order valence-electron chi connectivity index (χ1n) is 9.01. The molecule has 0 spiro atoms. The quantitative estimate of drug-likeness (QED) is 0.674. The van der Waals surface area contributed by atoms with Crippen LogP contribution in [0.4, 0.5) is 16.2 Å². The predicted molar refractivity (Wildman–Crippen MR) is 109 cm³/mol. The van der Waals surface area contributed by atoms with Crippen molar-refractivity contribution in [2.75, 3.05) is 23.8 Å². The summed E-state index contributed by atoms with van der Waals surface area (Å²) >= 11 is 0. The SMILES string of the molecule is CC(CNC(=O)Nc1ccccc1Cn1cccn1)N(C)c1ccccc1. The normalized spacial score (nSPS) is 11.6. The highest BCUT2D eigenvalue weighted by Gasteiger charge is 2.12. The smallest absolute Gasteiger partial charge is 0.319 e. The summed E-state index contributed by atoms with van der Waals surface area (Å²) in [7, 11) is 2.03. The van der Waals surface area contributed by atoms with Crippen molar-refractivity contribution in [2.24, 2.45) is 0 Å². The number of carbonyl (C=O) groups is 1. The minimum atomic E-state index is -0.212. The molecular formula is C21H25N5O. The first-order valence-corrected chi connectivity index (χ1v) is 9.01. The Kier molecular flexibility index (Phi) is 6.10. The molecule has 0 radical (unpaired) electrons. The molecule has 0 saturated carbocycles.